The molecule has 0 aliphatic heterocycles. The number of Topliss-reactive ketones (excluding diaryl/α,β-unsaturated/α-hetero) is 1. The van der Waals surface area contributed by atoms with E-state index in [4.69, 9.17) is 0 Å². The second-order valence-corrected chi connectivity index (χ2v) is 5.71. The van der Waals surface area contributed by atoms with Crippen LogP contribution >= 0.6 is 0 Å². The monoisotopic (exact) mass is 259 g/mol. The van der Waals surface area contributed by atoms with Gasteiger partial charge in [-0.1, -0.05) is 51.0 Å². The Kier molecular flexibility index (Phi) is 5.15. The van der Waals surface area contributed by atoms with Crippen molar-refractivity contribution in [1.82, 2.24) is 5.32 Å². The average Bonchev–Trinajstić information content (AvgIpc) is 2.97. The standard InChI is InChI=1S/C17H25NO/c1-3-14-8-10-15(11-9-14)17(19)13(2)12-18-16-6-4-5-7-16/h8-11,13,16,18H,3-7,12H2,1-2H3. The van der Waals surface area contributed by atoms with Crippen molar-refractivity contribution in [2.75, 3.05) is 6.54 Å². The maximum absolute atomic E-state index is 12.3. The number of carbonyl (C=O) groups is 1. The molecule has 1 unspecified atom stereocenters. The third-order valence-electron chi connectivity index (χ3n) is 4.16. The van der Waals surface area contributed by atoms with E-state index in [2.05, 4.69) is 24.4 Å². The van der Waals surface area contributed by atoms with Gasteiger partial charge in [0.25, 0.3) is 0 Å². The van der Waals surface area contributed by atoms with Crippen molar-refractivity contribution < 1.29 is 4.79 Å². The summed E-state index contributed by atoms with van der Waals surface area (Å²) in [6.07, 6.45) is 6.22. The molecule has 1 aliphatic carbocycles. The molecule has 2 rings (SSSR count). The highest BCUT2D eigenvalue weighted by atomic mass is 16.1. The molecule has 1 aromatic rings. The van der Waals surface area contributed by atoms with Gasteiger partial charge in [-0.2, -0.15) is 0 Å². The van der Waals surface area contributed by atoms with Crippen LogP contribution in [0.3, 0.4) is 0 Å². The van der Waals surface area contributed by atoms with Gasteiger partial charge in [0.2, 0.25) is 0 Å². The van der Waals surface area contributed by atoms with Crippen LogP contribution in [0.2, 0.25) is 0 Å². The molecule has 19 heavy (non-hydrogen) atoms. The molecule has 1 saturated carbocycles. The van der Waals surface area contributed by atoms with Crippen molar-refractivity contribution in [2.24, 2.45) is 5.92 Å². The topological polar surface area (TPSA) is 29.1 Å². The van der Waals surface area contributed by atoms with Gasteiger partial charge in [0.05, 0.1) is 0 Å². The van der Waals surface area contributed by atoms with Gasteiger partial charge in [0, 0.05) is 24.1 Å². The summed E-state index contributed by atoms with van der Waals surface area (Å²) >= 11 is 0. The Balaban J connectivity index is 1.86. The summed E-state index contributed by atoms with van der Waals surface area (Å²) in [5.74, 6) is 0.321. The zero-order valence-corrected chi connectivity index (χ0v) is 12.1. The van der Waals surface area contributed by atoms with Gasteiger partial charge in [0.15, 0.2) is 5.78 Å². The molecule has 1 atom stereocenters. The molecular weight excluding hydrogens is 234 g/mol. The molecule has 1 aromatic carbocycles. The Morgan fingerprint density at radius 1 is 1.26 bits per heavy atom. The van der Waals surface area contributed by atoms with Gasteiger partial charge in [-0.25, -0.2) is 0 Å². The summed E-state index contributed by atoms with van der Waals surface area (Å²) in [7, 11) is 0. The van der Waals surface area contributed by atoms with Crippen LogP contribution in [0.4, 0.5) is 0 Å². The van der Waals surface area contributed by atoms with Crippen LogP contribution in [0, 0.1) is 5.92 Å². The first-order valence-corrected chi connectivity index (χ1v) is 7.57. The van der Waals surface area contributed by atoms with E-state index >= 15 is 0 Å². The lowest BCUT2D eigenvalue weighted by Crippen LogP contribution is -2.33. The molecular formula is C17H25NO. The minimum atomic E-state index is 0.0630. The van der Waals surface area contributed by atoms with Gasteiger partial charge in [-0.05, 0) is 24.8 Å². The summed E-state index contributed by atoms with van der Waals surface area (Å²) in [6, 6.07) is 8.69. The first kappa shape index (κ1) is 14.3. The van der Waals surface area contributed by atoms with Crippen LogP contribution in [-0.4, -0.2) is 18.4 Å². The van der Waals surface area contributed by atoms with E-state index in [9.17, 15) is 4.79 Å². The maximum Gasteiger partial charge on any atom is 0.166 e. The van der Waals surface area contributed by atoms with Crippen molar-refractivity contribution in [3.63, 3.8) is 0 Å². The molecule has 0 radical (unpaired) electrons. The van der Waals surface area contributed by atoms with Crippen molar-refractivity contribution in [2.45, 2.75) is 52.0 Å². The van der Waals surface area contributed by atoms with Crippen LogP contribution in [0.15, 0.2) is 24.3 Å². The molecule has 2 heteroatoms. The van der Waals surface area contributed by atoms with E-state index in [0.29, 0.717) is 6.04 Å². The smallest absolute Gasteiger partial charge is 0.166 e. The Bertz CT molecular complexity index is 404. The van der Waals surface area contributed by atoms with Gasteiger partial charge < -0.3 is 5.32 Å². The number of aryl methyl sites for hydroxylation is 1. The largest absolute Gasteiger partial charge is 0.313 e. The second-order valence-electron chi connectivity index (χ2n) is 5.71. The Morgan fingerprint density at radius 3 is 2.47 bits per heavy atom. The third-order valence-corrected chi connectivity index (χ3v) is 4.16. The number of nitrogens with one attached hydrogen (secondary N) is 1. The highest BCUT2D eigenvalue weighted by molar-refractivity contribution is 5.97. The van der Waals surface area contributed by atoms with Crippen molar-refractivity contribution in [1.29, 1.82) is 0 Å². The van der Waals surface area contributed by atoms with E-state index < -0.39 is 0 Å². The van der Waals surface area contributed by atoms with E-state index in [1.165, 1.54) is 31.2 Å². The molecule has 1 fully saturated rings. The number of rotatable bonds is 6. The molecule has 104 valence electrons. The van der Waals surface area contributed by atoms with Crippen LogP contribution in [0.25, 0.3) is 0 Å². The Morgan fingerprint density at radius 2 is 1.89 bits per heavy atom. The van der Waals surface area contributed by atoms with E-state index in [0.717, 1.165) is 18.5 Å². The molecule has 0 bridgehead atoms. The van der Waals surface area contributed by atoms with Crippen LogP contribution < -0.4 is 5.32 Å². The number of carbonyl (C=O) groups excluding carboxylic acids is 1. The highest BCUT2D eigenvalue weighted by Crippen LogP contribution is 2.18. The average molecular weight is 259 g/mol. The summed E-state index contributed by atoms with van der Waals surface area (Å²) in [6.45, 7) is 4.96. The summed E-state index contributed by atoms with van der Waals surface area (Å²) < 4.78 is 0. The zero-order chi connectivity index (χ0) is 13.7. The summed E-state index contributed by atoms with van der Waals surface area (Å²) in [4.78, 5) is 12.3. The Hall–Kier alpha value is -1.15. The SMILES string of the molecule is CCc1ccc(C(=O)C(C)CNC2CCCC2)cc1. The predicted octanol–water partition coefficient (Wildman–Crippen LogP) is 3.60. The fourth-order valence-electron chi connectivity index (χ4n) is 2.76. The molecule has 0 aromatic heterocycles. The van der Waals surface area contributed by atoms with Gasteiger partial charge in [-0.3, -0.25) is 4.79 Å². The van der Waals surface area contributed by atoms with Crippen molar-refractivity contribution in [3.05, 3.63) is 35.4 Å². The first-order chi connectivity index (χ1) is 9.20. The minimum Gasteiger partial charge on any atom is -0.313 e. The van der Waals surface area contributed by atoms with Gasteiger partial charge in [0.1, 0.15) is 0 Å². The number of hydrogen-bond acceptors (Lipinski definition) is 2. The summed E-state index contributed by atoms with van der Waals surface area (Å²) in [5.41, 5.74) is 2.13. The lowest BCUT2D eigenvalue weighted by molar-refractivity contribution is 0.0927. The molecule has 1 aliphatic rings. The number of ketones is 1. The Labute approximate surface area is 116 Å². The third kappa shape index (κ3) is 3.90. The molecule has 1 N–H and O–H groups in total. The van der Waals surface area contributed by atoms with Crippen LogP contribution in [-0.2, 0) is 6.42 Å². The fourth-order valence-corrected chi connectivity index (χ4v) is 2.76. The van der Waals surface area contributed by atoms with Crippen LogP contribution in [0.5, 0.6) is 0 Å². The fraction of sp³-hybridized carbons (Fsp3) is 0.588. The molecule has 0 heterocycles. The highest BCUT2D eigenvalue weighted by Gasteiger charge is 2.19. The molecule has 0 amide bonds. The minimum absolute atomic E-state index is 0.0630. The summed E-state index contributed by atoms with van der Waals surface area (Å²) in [5, 5.41) is 3.53. The van der Waals surface area contributed by atoms with Gasteiger partial charge >= 0.3 is 0 Å². The number of benzene rings is 1. The quantitative estimate of drug-likeness (QED) is 0.791. The predicted molar refractivity (Wildman–Crippen MR) is 79.6 cm³/mol. The van der Waals surface area contributed by atoms with Crippen molar-refractivity contribution >= 4 is 5.78 Å². The first-order valence-electron chi connectivity index (χ1n) is 7.57. The lowest BCUT2D eigenvalue weighted by Gasteiger charge is -2.16. The number of hydrogen-bond donors (Lipinski definition) is 1. The van der Waals surface area contributed by atoms with Gasteiger partial charge in [-0.15, -0.1) is 0 Å². The lowest BCUT2D eigenvalue weighted by atomic mass is 9.97. The molecule has 0 spiro atoms. The molecule has 0 saturated heterocycles. The van der Waals surface area contributed by atoms with E-state index in [1.807, 2.05) is 19.1 Å². The van der Waals surface area contributed by atoms with Crippen LogP contribution in [0.1, 0.15) is 55.5 Å². The van der Waals surface area contributed by atoms with E-state index in [-0.39, 0.29) is 11.7 Å². The maximum atomic E-state index is 12.3. The van der Waals surface area contributed by atoms with E-state index in [1.54, 1.807) is 0 Å². The second kappa shape index (κ2) is 6.85. The zero-order valence-electron chi connectivity index (χ0n) is 12.1. The normalized spacial score (nSPS) is 17.6. The molecule has 2 nitrogen and oxygen atoms in total. The van der Waals surface area contributed by atoms with Crippen molar-refractivity contribution in [3.8, 4) is 0 Å².